The summed E-state index contributed by atoms with van der Waals surface area (Å²) in [6, 6.07) is 8.43. The first-order valence-corrected chi connectivity index (χ1v) is 6.31. The molecule has 0 heterocycles. The minimum Gasteiger partial charge on any atom is -0.351 e. The average molecular weight is 234 g/mol. The third-order valence-electron chi connectivity index (χ3n) is 2.59. The van der Waals surface area contributed by atoms with Crippen molar-refractivity contribution >= 4 is 5.91 Å². The number of benzene rings is 1. The highest BCUT2D eigenvalue weighted by molar-refractivity contribution is 5.77. The molecule has 0 saturated carbocycles. The zero-order valence-electron chi connectivity index (χ0n) is 10.8. The average Bonchev–Trinajstić information content (AvgIpc) is 2.36. The third-order valence-corrected chi connectivity index (χ3v) is 2.59. The fourth-order valence-electron chi connectivity index (χ4n) is 1.61. The van der Waals surface area contributed by atoms with E-state index in [4.69, 9.17) is 0 Å². The number of rotatable bonds is 7. The van der Waals surface area contributed by atoms with Gasteiger partial charge in [-0.1, -0.05) is 44.5 Å². The monoisotopic (exact) mass is 234 g/mol. The van der Waals surface area contributed by atoms with Crippen LogP contribution in [0.3, 0.4) is 0 Å². The second kappa shape index (κ2) is 7.85. The SMILES string of the molecule is CCCc1ccc(CNC(=O)CNCC)cc1. The quantitative estimate of drug-likeness (QED) is 0.756. The molecule has 94 valence electrons. The molecule has 3 heteroatoms. The van der Waals surface area contributed by atoms with E-state index in [0.717, 1.165) is 18.5 Å². The third kappa shape index (κ3) is 5.50. The molecule has 0 unspecified atom stereocenters. The van der Waals surface area contributed by atoms with Gasteiger partial charge in [-0.25, -0.2) is 0 Å². The van der Waals surface area contributed by atoms with Gasteiger partial charge in [-0.15, -0.1) is 0 Å². The fraction of sp³-hybridized carbons (Fsp3) is 0.500. The van der Waals surface area contributed by atoms with Crippen LogP contribution in [-0.4, -0.2) is 19.0 Å². The summed E-state index contributed by atoms with van der Waals surface area (Å²) in [5, 5.41) is 5.88. The molecule has 2 N–H and O–H groups in total. The van der Waals surface area contributed by atoms with E-state index in [2.05, 4.69) is 41.8 Å². The zero-order valence-corrected chi connectivity index (χ0v) is 10.8. The summed E-state index contributed by atoms with van der Waals surface area (Å²) in [6.07, 6.45) is 2.28. The highest BCUT2D eigenvalue weighted by Crippen LogP contribution is 2.06. The molecule has 0 aliphatic carbocycles. The van der Waals surface area contributed by atoms with Crippen LogP contribution in [0.5, 0.6) is 0 Å². The van der Waals surface area contributed by atoms with Crippen molar-refractivity contribution in [1.82, 2.24) is 10.6 Å². The van der Waals surface area contributed by atoms with Gasteiger partial charge in [0.2, 0.25) is 5.91 Å². The first kappa shape index (κ1) is 13.7. The molecule has 1 amide bonds. The molecule has 0 fully saturated rings. The maximum atomic E-state index is 11.4. The smallest absolute Gasteiger partial charge is 0.234 e. The van der Waals surface area contributed by atoms with E-state index in [0.29, 0.717) is 13.1 Å². The summed E-state index contributed by atoms with van der Waals surface area (Å²) in [7, 11) is 0. The molecular weight excluding hydrogens is 212 g/mol. The number of carbonyl (C=O) groups is 1. The van der Waals surface area contributed by atoms with E-state index < -0.39 is 0 Å². The van der Waals surface area contributed by atoms with Gasteiger partial charge < -0.3 is 10.6 Å². The lowest BCUT2D eigenvalue weighted by molar-refractivity contribution is -0.120. The molecule has 0 aromatic heterocycles. The van der Waals surface area contributed by atoms with Crippen LogP contribution >= 0.6 is 0 Å². The van der Waals surface area contributed by atoms with Crippen molar-refractivity contribution in [3.8, 4) is 0 Å². The number of hydrogen-bond acceptors (Lipinski definition) is 2. The lowest BCUT2D eigenvalue weighted by Gasteiger charge is -2.06. The summed E-state index contributed by atoms with van der Waals surface area (Å²) in [5.74, 6) is 0.0458. The summed E-state index contributed by atoms with van der Waals surface area (Å²) in [5.41, 5.74) is 2.50. The van der Waals surface area contributed by atoms with Gasteiger partial charge in [0.15, 0.2) is 0 Å². The Morgan fingerprint density at radius 1 is 1.12 bits per heavy atom. The summed E-state index contributed by atoms with van der Waals surface area (Å²) in [4.78, 5) is 11.4. The number of nitrogens with one attached hydrogen (secondary N) is 2. The van der Waals surface area contributed by atoms with Crippen LogP contribution in [0.1, 0.15) is 31.4 Å². The molecule has 0 atom stereocenters. The van der Waals surface area contributed by atoms with E-state index in [9.17, 15) is 4.79 Å². The Kier molecular flexibility index (Phi) is 6.33. The van der Waals surface area contributed by atoms with Gasteiger partial charge in [0.25, 0.3) is 0 Å². The van der Waals surface area contributed by atoms with Crippen molar-refractivity contribution in [3.63, 3.8) is 0 Å². The highest BCUT2D eigenvalue weighted by atomic mass is 16.1. The van der Waals surface area contributed by atoms with Crippen molar-refractivity contribution in [2.75, 3.05) is 13.1 Å². The fourth-order valence-corrected chi connectivity index (χ4v) is 1.61. The Morgan fingerprint density at radius 3 is 2.35 bits per heavy atom. The number of aryl methyl sites for hydroxylation is 1. The summed E-state index contributed by atoms with van der Waals surface area (Å²) in [6.45, 7) is 5.98. The Labute approximate surface area is 104 Å². The number of amides is 1. The van der Waals surface area contributed by atoms with E-state index >= 15 is 0 Å². The predicted octanol–water partition coefficient (Wildman–Crippen LogP) is 1.86. The van der Waals surface area contributed by atoms with Crippen LogP contribution in [0.25, 0.3) is 0 Å². The number of carbonyl (C=O) groups excluding carboxylic acids is 1. The van der Waals surface area contributed by atoms with Crippen molar-refractivity contribution < 1.29 is 4.79 Å². The van der Waals surface area contributed by atoms with Gasteiger partial charge in [0.1, 0.15) is 0 Å². The number of likely N-dealkylation sites (N-methyl/N-ethyl adjacent to an activating group) is 1. The van der Waals surface area contributed by atoms with Gasteiger partial charge in [-0.3, -0.25) is 4.79 Å². The molecule has 1 rings (SSSR count). The Balaban J connectivity index is 2.34. The van der Waals surface area contributed by atoms with Gasteiger partial charge in [0.05, 0.1) is 6.54 Å². The molecule has 0 radical (unpaired) electrons. The Morgan fingerprint density at radius 2 is 1.76 bits per heavy atom. The molecule has 0 bridgehead atoms. The predicted molar refractivity (Wildman–Crippen MR) is 70.8 cm³/mol. The zero-order chi connectivity index (χ0) is 12.5. The van der Waals surface area contributed by atoms with Gasteiger partial charge >= 0.3 is 0 Å². The molecule has 1 aromatic carbocycles. The highest BCUT2D eigenvalue weighted by Gasteiger charge is 1.99. The molecule has 1 aromatic rings. The minimum absolute atomic E-state index is 0.0458. The van der Waals surface area contributed by atoms with Gasteiger partial charge in [-0.2, -0.15) is 0 Å². The lowest BCUT2D eigenvalue weighted by Crippen LogP contribution is -2.33. The maximum absolute atomic E-state index is 11.4. The topological polar surface area (TPSA) is 41.1 Å². The summed E-state index contributed by atoms with van der Waals surface area (Å²) >= 11 is 0. The normalized spacial score (nSPS) is 10.2. The van der Waals surface area contributed by atoms with Gasteiger partial charge in [-0.05, 0) is 24.1 Å². The van der Waals surface area contributed by atoms with Crippen LogP contribution in [0, 0.1) is 0 Å². The minimum atomic E-state index is 0.0458. The molecule has 0 aliphatic heterocycles. The molecule has 0 aliphatic rings. The van der Waals surface area contributed by atoms with E-state index in [-0.39, 0.29) is 5.91 Å². The van der Waals surface area contributed by atoms with Crippen LogP contribution in [0.15, 0.2) is 24.3 Å². The Bertz CT molecular complexity index is 333. The van der Waals surface area contributed by atoms with Crippen molar-refractivity contribution in [3.05, 3.63) is 35.4 Å². The standard InChI is InChI=1S/C14H22N2O/c1-3-5-12-6-8-13(9-7-12)10-16-14(17)11-15-4-2/h6-9,15H,3-5,10-11H2,1-2H3,(H,16,17). The molecule has 0 spiro atoms. The first-order valence-electron chi connectivity index (χ1n) is 6.31. The summed E-state index contributed by atoms with van der Waals surface area (Å²) < 4.78 is 0. The van der Waals surface area contributed by atoms with Crippen LogP contribution in [-0.2, 0) is 17.8 Å². The van der Waals surface area contributed by atoms with Crippen LogP contribution < -0.4 is 10.6 Å². The number of hydrogen-bond donors (Lipinski definition) is 2. The lowest BCUT2D eigenvalue weighted by atomic mass is 10.1. The largest absolute Gasteiger partial charge is 0.351 e. The maximum Gasteiger partial charge on any atom is 0.234 e. The van der Waals surface area contributed by atoms with Crippen molar-refractivity contribution in [2.45, 2.75) is 33.2 Å². The van der Waals surface area contributed by atoms with E-state index in [1.165, 1.54) is 12.0 Å². The second-order valence-electron chi connectivity index (χ2n) is 4.12. The molecule has 3 nitrogen and oxygen atoms in total. The Hall–Kier alpha value is -1.35. The van der Waals surface area contributed by atoms with Crippen LogP contribution in [0.2, 0.25) is 0 Å². The second-order valence-corrected chi connectivity index (χ2v) is 4.12. The first-order chi connectivity index (χ1) is 8.26. The van der Waals surface area contributed by atoms with Gasteiger partial charge in [0, 0.05) is 6.54 Å². The van der Waals surface area contributed by atoms with E-state index in [1.54, 1.807) is 0 Å². The molecule has 17 heavy (non-hydrogen) atoms. The van der Waals surface area contributed by atoms with E-state index in [1.807, 2.05) is 6.92 Å². The van der Waals surface area contributed by atoms with Crippen molar-refractivity contribution in [2.24, 2.45) is 0 Å². The molecule has 0 saturated heterocycles. The van der Waals surface area contributed by atoms with Crippen LogP contribution in [0.4, 0.5) is 0 Å². The molecular formula is C14H22N2O. The van der Waals surface area contributed by atoms with Crippen molar-refractivity contribution in [1.29, 1.82) is 0 Å².